The first-order chi connectivity index (χ1) is 6.15. The fraction of sp³-hybridized carbons (Fsp3) is 0.889. The Bertz CT molecular complexity index is 184. The lowest BCUT2D eigenvalue weighted by Crippen LogP contribution is -2.45. The van der Waals surface area contributed by atoms with Crippen LogP contribution in [0.15, 0.2) is 0 Å². The van der Waals surface area contributed by atoms with Gasteiger partial charge in [0.15, 0.2) is 0 Å². The Morgan fingerprint density at radius 1 is 1.69 bits per heavy atom. The summed E-state index contributed by atoms with van der Waals surface area (Å²) in [5.74, 6) is -0.519. The van der Waals surface area contributed by atoms with Crippen LogP contribution in [-0.2, 0) is 4.79 Å². The topological polar surface area (TPSA) is 60.8 Å². The number of likely N-dealkylation sites (tertiary alicyclic amines) is 1. The molecule has 0 aromatic rings. The Hall–Kier alpha value is -0.610. The number of piperidine rings is 1. The molecule has 2 atom stereocenters. The molecule has 0 radical (unpaired) electrons. The molecule has 1 fully saturated rings. The maximum absolute atomic E-state index is 10.7. The van der Waals surface area contributed by atoms with E-state index in [1.54, 1.807) is 6.92 Å². The molecule has 4 heteroatoms. The Morgan fingerprint density at radius 2 is 2.38 bits per heavy atom. The maximum Gasteiger partial charge on any atom is 0.320 e. The van der Waals surface area contributed by atoms with E-state index in [1.165, 1.54) is 0 Å². The minimum absolute atomic E-state index is 0.169. The van der Waals surface area contributed by atoms with E-state index in [1.807, 2.05) is 4.90 Å². The molecule has 4 nitrogen and oxygen atoms in total. The van der Waals surface area contributed by atoms with E-state index in [0.717, 1.165) is 19.4 Å². The minimum atomic E-state index is -0.779. The molecular weight excluding hydrogens is 170 g/mol. The molecule has 1 saturated heterocycles. The van der Waals surface area contributed by atoms with E-state index >= 15 is 0 Å². The molecule has 0 spiro atoms. The van der Waals surface area contributed by atoms with Crippen molar-refractivity contribution in [2.24, 2.45) is 5.92 Å². The van der Waals surface area contributed by atoms with Gasteiger partial charge >= 0.3 is 5.97 Å². The number of hydrogen-bond donors (Lipinski definition) is 2. The summed E-state index contributed by atoms with van der Waals surface area (Å²) < 4.78 is 0. The average Bonchev–Trinajstić information content (AvgIpc) is 2.16. The second-order valence-corrected chi connectivity index (χ2v) is 3.70. The van der Waals surface area contributed by atoms with Gasteiger partial charge in [-0.3, -0.25) is 9.69 Å². The highest BCUT2D eigenvalue weighted by Gasteiger charge is 2.26. The summed E-state index contributed by atoms with van der Waals surface area (Å²) in [6.07, 6.45) is 2.00. The van der Waals surface area contributed by atoms with E-state index in [-0.39, 0.29) is 12.5 Å². The third kappa shape index (κ3) is 2.67. The molecule has 13 heavy (non-hydrogen) atoms. The highest BCUT2D eigenvalue weighted by Crippen LogP contribution is 2.17. The first-order valence-electron chi connectivity index (χ1n) is 4.73. The molecule has 76 valence electrons. The highest BCUT2D eigenvalue weighted by atomic mass is 16.4. The number of aliphatic hydroxyl groups excluding tert-OH is 1. The lowest BCUT2D eigenvalue weighted by molar-refractivity contribution is -0.143. The predicted octanol–water partition coefficient (Wildman–Crippen LogP) is 0.164. The van der Waals surface area contributed by atoms with Crippen LogP contribution >= 0.6 is 0 Å². The van der Waals surface area contributed by atoms with Crippen LogP contribution < -0.4 is 0 Å². The first kappa shape index (κ1) is 10.5. The summed E-state index contributed by atoms with van der Waals surface area (Å²) in [6.45, 7) is 3.42. The van der Waals surface area contributed by atoms with Gasteiger partial charge in [-0.05, 0) is 32.2 Å². The maximum atomic E-state index is 10.7. The largest absolute Gasteiger partial charge is 0.480 e. The van der Waals surface area contributed by atoms with Crippen molar-refractivity contribution in [3.8, 4) is 0 Å². The third-order valence-electron chi connectivity index (χ3n) is 2.71. The smallest absolute Gasteiger partial charge is 0.320 e. The van der Waals surface area contributed by atoms with Crippen LogP contribution in [0.5, 0.6) is 0 Å². The van der Waals surface area contributed by atoms with Crippen molar-refractivity contribution >= 4 is 5.97 Å². The number of hydrogen-bond acceptors (Lipinski definition) is 3. The van der Waals surface area contributed by atoms with Crippen molar-refractivity contribution < 1.29 is 15.0 Å². The summed E-state index contributed by atoms with van der Waals surface area (Å²) in [7, 11) is 0. The van der Waals surface area contributed by atoms with E-state index < -0.39 is 12.0 Å². The van der Waals surface area contributed by atoms with Crippen LogP contribution in [0.1, 0.15) is 19.8 Å². The van der Waals surface area contributed by atoms with E-state index in [2.05, 4.69) is 0 Å². The number of aliphatic carboxylic acids is 1. The summed E-state index contributed by atoms with van der Waals surface area (Å²) in [6, 6.07) is -0.422. The molecular formula is C9H17NO3. The number of rotatable bonds is 3. The number of carboxylic acid groups (broad SMARTS) is 1. The lowest BCUT2D eigenvalue weighted by atomic mass is 9.98. The number of carboxylic acids is 1. The molecule has 0 bridgehead atoms. The quantitative estimate of drug-likeness (QED) is 0.661. The lowest BCUT2D eigenvalue weighted by Gasteiger charge is -2.34. The molecule has 0 saturated carbocycles. The van der Waals surface area contributed by atoms with Crippen LogP contribution in [0.3, 0.4) is 0 Å². The fourth-order valence-electron chi connectivity index (χ4n) is 1.75. The standard InChI is InChI=1S/C9H17NO3/c1-7(9(12)13)10-4-2-3-8(5-10)6-11/h7-8,11H,2-6H2,1H3,(H,12,13). The van der Waals surface area contributed by atoms with Gasteiger partial charge in [0.05, 0.1) is 0 Å². The van der Waals surface area contributed by atoms with Crippen molar-refractivity contribution in [3.63, 3.8) is 0 Å². The van der Waals surface area contributed by atoms with Crippen molar-refractivity contribution in [1.29, 1.82) is 0 Å². The van der Waals surface area contributed by atoms with Gasteiger partial charge in [0, 0.05) is 13.2 Å². The molecule has 2 unspecified atom stereocenters. The van der Waals surface area contributed by atoms with Crippen LogP contribution in [0.25, 0.3) is 0 Å². The summed E-state index contributed by atoms with van der Waals surface area (Å²) in [4.78, 5) is 12.6. The first-order valence-corrected chi connectivity index (χ1v) is 4.73. The zero-order valence-corrected chi connectivity index (χ0v) is 7.94. The molecule has 2 N–H and O–H groups in total. The highest BCUT2D eigenvalue weighted by molar-refractivity contribution is 5.72. The van der Waals surface area contributed by atoms with Crippen molar-refractivity contribution in [3.05, 3.63) is 0 Å². The van der Waals surface area contributed by atoms with Crippen LogP contribution in [-0.4, -0.2) is 46.8 Å². The van der Waals surface area contributed by atoms with Gasteiger partial charge in [-0.1, -0.05) is 0 Å². The SMILES string of the molecule is CC(C(=O)O)N1CCCC(CO)C1. The number of carbonyl (C=O) groups is 1. The van der Waals surface area contributed by atoms with Crippen molar-refractivity contribution in [2.45, 2.75) is 25.8 Å². The zero-order chi connectivity index (χ0) is 9.84. The predicted molar refractivity (Wildman–Crippen MR) is 48.5 cm³/mol. The van der Waals surface area contributed by atoms with Gasteiger partial charge < -0.3 is 10.2 Å². The Morgan fingerprint density at radius 3 is 2.92 bits per heavy atom. The molecule has 1 rings (SSSR count). The Labute approximate surface area is 78.2 Å². The van der Waals surface area contributed by atoms with Crippen molar-refractivity contribution in [1.82, 2.24) is 4.90 Å². The zero-order valence-electron chi connectivity index (χ0n) is 7.94. The van der Waals surface area contributed by atoms with E-state index in [9.17, 15) is 4.79 Å². The molecule has 1 heterocycles. The summed E-state index contributed by atoms with van der Waals surface area (Å²) in [5, 5.41) is 17.7. The molecule has 0 aromatic heterocycles. The van der Waals surface area contributed by atoms with Crippen molar-refractivity contribution in [2.75, 3.05) is 19.7 Å². The fourth-order valence-corrected chi connectivity index (χ4v) is 1.75. The normalized spacial score (nSPS) is 27.1. The molecule has 0 amide bonds. The monoisotopic (exact) mass is 187 g/mol. The van der Waals surface area contributed by atoms with Crippen LogP contribution in [0.4, 0.5) is 0 Å². The summed E-state index contributed by atoms with van der Waals surface area (Å²) >= 11 is 0. The van der Waals surface area contributed by atoms with E-state index in [4.69, 9.17) is 10.2 Å². The molecule has 0 aliphatic carbocycles. The minimum Gasteiger partial charge on any atom is -0.480 e. The second kappa shape index (κ2) is 4.58. The Balaban J connectivity index is 2.46. The van der Waals surface area contributed by atoms with Gasteiger partial charge in [-0.15, -0.1) is 0 Å². The van der Waals surface area contributed by atoms with Crippen LogP contribution in [0.2, 0.25) is 0 Å². The number of nitrogens with zero attached hydrogens (tertiary/aromatic N) is 1. The van der Waals surface area contributed by atoms with Crippen LogP contribution in [0, 0.1) is 5.92 Å². The van der Waals surface area contributed by atoms with Gasteiger partial charge in [0.2, 0.25) is 0 Å². The van der Waals surface area contributed by atoms with E-state index in [0.29, 0.717) is 6.54 Å². The van der Waals surface area contributed by atoms with Gasteiger partial charge in [0.1, 0.15) is 6.04 Å². The third-order valence-corrected chi connectivity index (χ3v) is 2.71. The average molecular weight is 187 g/mol. The molecule has 1 aliphatic heterocycles. The summed E-state index contributed by atoms with van der Waals surface area (Å²) in [5.41, 5.74) is 0. The molecule has 1 aliphatic rings. The second-order valence-electron chi connectivity index (χ2n) is 3.70. The van der Waals surface area contributed by atoms with Gasteiger partial charge in [-0.25, -0.2) is 0 Å². The number of aliphatic hydroxyl groups is 1. The van der Waals surface area contributed by atoms with Gasteiger partial charge in [0.25, 0.3) is 0 Å². The van der Waals surface area contributed by atoms with Gasteiger partial charge in [-0.2, -0.15) is 0 Å². The Kier molecular flexibility index (Phi) is 3.69. The molecule has 0 aromatic carbocycles.